The molecule has 12 heavy (non-hydrogen) atoms. The lowest BCUT2D eigenvalue weighted by Crippen LogP contribution is -2.44. The highest BCUT2D eigenvalue weighted by molar-refractivity contribution is 7.96. The average Bonchev–Trinajstić information content (AvgIpc) is 1.83. The quantitative estimate of drug-likeness (QED) is 0.295. The van der Waals surface area contributed by atoms with Crippen molar-refractivity contribution in [2.24, 2.45) is 0 Å². The fourth-order valence-corrected chi connectivity index (χ4v) is 1.43. The van der Waals surface area contributed by atoms with Crippen LogP contribution in [0.5, 0.6) is 0 Å². The monoisotopic (exact) mass is 216 g/mol. The summed E-state index contributed by atoms with van der Waals surface area (Å²) in [6.07, 6.45) is 0. The third-order valence-electron chi connectivity index (χ3n) is 1.25. The van der Waals surface area contributed by atoms with Gasteiger partial charge in [-0.05, 0) is 6.92 Å². The molecule has 0 radical (unpaired) electrons. The van der Waals surface area contributed by atoms with Crippen LogP contribution in [-0.4, -0.2) is 36.6 Å². The smallest absolute Gasteiger partial charge is 0.357 e. The number of aliphatic hydroxyl groups is 2. The summed E-state index contributed by atoms with van der Waals surface area (Å²) < 4.78 is 10.4. The summed E-state index contributed by atoms with van der Waals surface area (Å²) in [4.78, 5) is 27.2. The highest BCUT2D eigenvalue weighted by Crippen LogP contribution is 2.45. The molecule has 0 aromatic heterocycles. The summed E-state index contributed by atoms with van der Waals surface area (Å²) in [7, 11) is -4.90. The number of carbonyl (C=O) groups is 1. The van der Waals surface area contributed by atoms with Gasteiger partial charge in [-0.3, -0.25) is 9.36 Å². The van der Waals surface area contributed by atoms with Gasteiger partial charge >= 0.3 is 7.60 Å². The van der Waals surface area contributed by atoms with Crippen molar-refractivity contribution in [3.8, 4) is 0 Å². The molecule has 0 aromatic carbocycles. The summed E-state index contributed by atoms with van der Waals surface area (Å²) in [5.74, 6) is -2.45. The van der Waals surface area contributed by atoms with Gasteiger partial charge < -0.3 is 20.0 Å². The van der Waals surface area contributed by atoms with E-state index in [2.05, 4.69) is 12.6 Å². The largest absolute Gasteiger partial charge is 0.378 e. The van der Waals surface area contributed by atoms with Crippen molar-refractivity contribution in [2.45, 2.75) is 18.4 Å². The molecule has 0 amide bonds. The molecule has 0 bridgehead atoms. The van der Waals surface area contributed by atoms with Crippen molar-refractivity contribution in [3.63, 3.8) is 0 Å². The lowest BCUT2D eigenvalue weighted by molar-refractivity contribution is -0.133. The Kier molecular flexibility index (Phi) is 3.48. The minimum absolute atomic E-state index is 0.770. The van der Waals surface area contributed by atoms with Gasteiger partial charge in [0.25, 0.3) is 0 Å². The Balaban J connectivity index is 4.82. The van der Waals surface area contributed by atoms with E-state index in [0.717, 1.165) is 6.92 Å². The van der Waals surface area contributed by atoms with E-state index >= 15 is 0 Å². The molecule has 0 saturated carbocycles. The fraction of sp³-hybridized carbons (Fsp3) is 0.750. The molecule has 0 rings (SSSR count). The molecule has 8 heteroatoms. The van der Waals surface area contributed by atoms with E-state index in [4.69, 9.17) is 20.0 Å². The first-order valence-electron chi connectivity index (χ1n) is 2.79. The van der Waals surface area contributed by atoms with Crippen LogP contribution in [0.3, 0.4) is 0 Å². The maximum Gasteiger partial charge on any atom is 0.357 e. The predicted octanol–water partition coefficient (Wildman–Crippen LogP) is -1.31. The molecule has 2 atom stereocenters. The molecular weight excluding hydrogens is 207 g/mol. The molecule has 0 aromatic rings. The molecule has 0 heterocycles. The van der Waals surface area contributed by atoms with Gasteiger partial charge in [-0.25, -0.2) is 0 Å². The van der Waals surface area contributed by atoms with Crippen LogP contribution in [0.15, 0.2) is 0 Å². The SMILES string of the molecule is CC(O)(C(=O)S)C(O)P(=O)(O)O. The normalized spacial score (nSPS) is 19.8. The van der Waals surface area contributed by atoms with E-state index in [9.17, 15) is 9.36 Å². The van der Waals surface area contributed by atoms with Crippen LogP contribution in [0.4, 0.5) is 0 Å². The summed E-state index contributed by atoms with van der Waals surface area (Å²) in [6.45, 7) is 0.770. The molecule has 0 aliphatic rings. The maximum absolute atomic E-state index is 10.5. The molecular formula is C4H9O6PS. The second kappa shape index (κ2) is 3.45. The summed E-state index contributed by atoms with van der Waals surface area (Å²) in [5, 5.41) is 16.6. The van der Waals surface area contributed by atoms with Crippen LogP contribution in [-0.2, 0) is 9.36 Å². The van der Waals surface area contributed by atoms with Crippen molar-refractivity contribution in [3.05, 3.63) is 0 Å². The minimum Gasteiger partial charge on any atom is -0.378 e. The Morgan fingerprint density at radius 2 is 1.92 bits per heavy atom. The first-order chi connectivity index (χ1) is 5.10. The van der Waals surface area contributed by atoms with Crippen LogP contribution in [0.1, 0.15) is 6.92 Å². The van der Waals surface area contributed by atoms with Crippen molar-refractivity contribution >= 4 is 25.3 Å². The van der Waals surface area contributed by atoms with Crippen LogP contribution in [0.25, 0.3) is 0 Å². The third-order valence-corrected chi connectivity index (χ3v) is 2.85. The molecule has 0 spiro atoms. The standard InChI is InChI=1S/C4H9O6PS/c1-4(7,3(6)12)2(5)11(8,9)10/h2,5,7H,1H3,(H,6,12)(H2,8,9,10). The molecule has 0 aliphatic carbocycles. The van der Waals surface area contributed by atoms with Crippen molar-refractivity contribution in [1.82, 2.24) is 0 Å². The van der Waals surface area contributed by atoms with Gasteiger partial charge in [0.1, 0.15) is 0 Å². The minimum atomic E-state index is -4.90. The molecule has 0 aliphatic heterocycles. The van der Waals surface area contributed by atoms with Crippen molar-refractivity contribution < 1.29 is 29.4 Å². The molecule has 0 fully saturated rings. The molecule has 6 nitrogen and oxygen atoms in total. The Morgan fingerprint density at radius 3 is 2.00 bits per heavy atom. The van der Waals surface area contributed by atoms with Crippen molar-refractivity contribution in [2.75, 3.05) is 0 Å². The lowest BCUT2D eigenvalue weighted by atomic mass is 10.1. The second-order valence-corrected chi connectivity index (χ2v) is 4.49. The zero-order valence-electron chi connectivity index (χ0n) is 6.08. The number of hydrogen-bond acceptors (Lipinski definition) is 4. The molecule has 4 N–H and O–H groups in total. The van der Waals surface area contributed by atoms with E-state index in [1.165, 1.54) is 0 Å². The van der Waals surface area contributed by atoms with Crippen LogP contribution in [0.2, 0.25) is 0 Å². The van der Waals surface area contributed by atoms with Gasteiger partial charge in [0.2, 0.25) is 5.12 Å². The van der Waals surface area contributed by atoms with Crippen LogP contribution in [0, 0.1) is 0 Å². The van der Waals surface area contributed by atoms with Gasteiger partial charge in [0.05, 0.1) is 0 Å². The first-order valence-corrected chi connectivity index (χ1v) is 4.92. The first kappa shape index (κ1) is 12.1. The van der Waals surface area contributed by atoms with E-state index < -0.39 is 24.2 Å². The zero-order valence-corrected chi connectivity index (χ0v) is 7.87. The summed E-state index contributed by atoms with van der Waals surface area (Å²) in [5.41, 5.74) is -2.54. The van der Waals surface area contributed by atoms with Gasteiger partial charge in [-0.2, -0.15) is 0 Å². The van der Waals surface area contributed by atoms with Gasteiger partial charge in [0, 0.05) is 0 Å². The zero-order chi connectivity index (χ0) is 10.2. The topological polar surface area (TPSA) is 115 Å². The number of aliphatic hydroxyl groups excluding tert-OH is 1. The number of carbonyl (C=O) groups excluding carboxylic acids is 1. The van der Waals surface area contributed by atoms with Crippen molar-refractivity contribution in [1.29, 1.82) is 0 Å². The van der Waals surface area contributed by atoms with Gasteiger partial charge in [-0.15, -0.1) is 12.6 Å². The number of thiol groups is 1. The number of rotatable bonds is 3. The molecule has 0 saturated heterocycles. The number of hydrogen-bond donors (Lipinski definition) is 5. The fourth-order valence-electron chi connectivity index (χ4n) is 0.438. The average molecular weight is 216 g/mol. The molecule has 72 valence electrons. The van der Waals surface area contributed by atoms with Gasteiger partial charge in [0.15, 0.2) is 11.4 Å². The Hall–Kier alpha value is 0.0900. The highest BCUT2D eigenvalue weighted by Gasteiger charge is 2.46. The third kappa shape index (κ3) is 2.55. The van der Waals surface area contributed by atoms with Gasteiger partial charge in [-0.1, -0.05) is 0 Å². The van der Waals surface area contributed by atoms with E-state index in [1.807, 2.05) is 0 Å². The summed E-state index contributed by atoms with van der Waals surface area (Å²) >= 11 is 3.16. The Bertz CT molecular complexity index is 232. The Labute approximate surface area is 73.8 Å². The van der Waals surface area contributed by atoms with E-state index in [1.54, 1.807) is 0 Å². The maximum atomic E-state index is 10.5. The van der Waals surface area contributed by atoms with E-state index in [-0.39, 0.29) is 0 Å². The predicted molar refractivity (Wildman–Crippen MR) is 42.7 cm³/mol. The van der Waals surface area contributed by atoms with E-state index in [0.29, 0.717) is 0 Å². The van der Waals surface area contributed by atoms with Crippen LogP contribution < -0.4 is 0 Å². The lowest BCUT2D eigenvalue weighted by Gasteiger charge is -2.25. The van der Waals surface area contributed by atoms with Crippen LogP contribution >= 0.6 is 20.2 Å². The summed E-state index contributed by atoms with van der Waals surface area (Å²) in [6, 6.07) is 0. The Morgan fingerprint density at radius 1 is 1.58 bits per heavy atom. The second-order valence-electron chi connectivity index (χ2n) is 2.42. The molecule has 2 unspecified atom stereocenters. The highest BCUT2D eigenvalue weighted by atomic mass is 32.1.